The molecule has 29 heavy (non-hydrogen) atoms. The van der Waals surface area contributed by atoms with E-state index in [1.54, 1.807) is 18.2 Å². The third-order valence-corrected chi connectivity index (χ3v) is 5.57. The summed E-state index contributed by atoms with van der Waals surface area (Å²) in [5.41, 5.74) is 1.61. The molecule has 1 aliphatic heterocycles. The molecule has 0 bridgehead atoms. The molecule has 1 amide bonds. The van der Waals surface area contributed by atoms with E-state index in [-0.39, 0.29) is 5.91 Å². The molecule has 1 fully saturated rings. The Hall–Kier alpha value is -1.79. The van der Waals surface area contributed by atoms with Gasteiger partial charge in [0, 0.05) is 43.3 Å². The zero-order valence-electron chi connectivity index (χ0n) is 16.7. The third kappa shape index (κ3) is 6.89. The number of carbonyl (C=O) groups excluding carboxylic acids is 1. The molecule has 5 nitrogen and oxygen atoms in total. The van der Waals surface area contributed by atoms with E-state index in [9.17, 15) is 4.79 Å². The van der Waals surface area contributed by atoms with Crippen molar-refractivity contribution in [3.63, 3.8) is 0 Å². The Kier molecular flexibility index (Phi) is 8.19. The van der Waals surface area contributed by atoms with Crippen LogP contribution >= 0.6 is 23.2 Å². The number of hydrogen-bond acceptors (Lipinski definition) is 4. The third-order valence-electron chi connectivity index (χ3n) is 5.04. The Morgan fingerprint density at radius 2 is 1.79 bits per heavy atom. The number of halogens is 2. The maximum atomic E-state index is 12.3. The van der Waals surface area contributed by atoms with Gasteiger partial charge in [-0.3, -0.25) is 4.79 Å². The normalized spacial score (nSPS) is 15.3. The SMILES string of the molecule is CN1CCN(CCCNC(=O)c2ccc(COc3ccc(Cl)cc3Cl)cc2)CC1. The summed E-state index contributed by atoms with van der Waals surface area (Å²) in [6.45, 7) is 6.53. The second-order valence-corrected chi connectivity index (χ2v) is 8.16. The van der Waals surface area contributed by atoms with Gasteiger partial charge in [0.15, 0.2) is 0 Å². The zero-order chi connectivity index (χ0) is 20.6. The fourth-order valence-electron chi connectivity index (χ4n) is 3.18. The molecule has 156 valence electrons. The number of amides is 1. The Morgan fingerprint density at radius 3 is 2.48 bits per heavy atom. The molecule has 0 spiro atoms. The van der Waals surface area contributed by atoms with E-state index >= 15 is 0 Å². The number of rotatable bonds is 8. The van der Waals surface area contributed by atoms with Gasteiger partial charge in [-0.05, 0) is 55.9 Å². The summed E-state index contributed by atoms with van der Waals surface area (Å²) in [6.07, 6.45) is 0.962. The van der Waals surface area contributed by atoms with Gasteiger partial charge in [-0.15, -0.1) is 0 Å². The first kappa shape index (κ1) is 21.9. The van der Waals surface area contributed by atoms with Crippen molar-refractivity contribution in [3.8, 4) is 5.75 Å². The first-order valence-electron chi connectivity index (χ1n) is 9.87. The number of hydrogen-bond donors (Lipinski definition) is 1. The highest BCUT2D eigenvalue weighted by Gasteiger charge is 2.13. The zero-order valence-corrected chi connectivity index (χ0v) is 18.2. The molecular formula is C22H27Cl2N3O2. The monoisotopic (exact) mass is 435 g/mol. The first-order chi connectivity index (χ1) is 14.0. The smallest absolute Gasteiger partial charge is 0.251 e. The molecule has 0 saturated carbocycles. The standard InChI is InChI=1S/C22H27Cl2N3O2/c1-26-11-13-27(14-12-26)10-2-9-25-22(28)18-5-3-17(4-6-18)16-29-21-8-7-19(23)15-20(21)24/h3-8,15H,2,9-14,16H2,1H3,(H,25,28). The van der Waals surface area contributed by atoms with Gasteiger partial charge >= 0.3 is 0 Å². The van der Waals surface area contributed by atoms with Crippen molar-refractivity contribution in [1.82, 2.24) is 15.1 Å². The molecule has 3 rings (SSSR count). The molecule has 1 aliphatic rings. The average Bonchev–Trinajstić information content (AvgIpc) is 2.72. The van der Waals surface area contributed by atoms with Crippen LogP contribution < -0.4 is 10.1 Å². The van der Waals surface area contributed by atoms with Crippen LogP contribution in [0.5, 0.6) is 5.75 Å². The van der Waals surface area contributed by atoms with Gasteiger partial charge in [-0.25, -0.2) is 0 Å². The van der Waals surface area contributed by atoms with Gasteiger partial charge in [0.05, 0.1) is 5.02 Å². The second kappa shape index (κ2) is 10.8. The molecule has 0 radical (unpaired) electrons. The van der Waals surface area contributed by atoms with Crippen molar-refractivity contribution in [1.29, 1.82) is 0 Å². The highest BCUT2D eigenvalue weighted by molar-refractivity contribution is 6.35. The minimum Gasteiger partial charge on any atom is -0.487 e. The molecule has 0 atom stereocenters. The van der Waals surface area contributed by atoms with Gasteiger partial charge in [-0.2, -0.15) is 0 Å². The van der Waals surface area contributed by atoms with Crippen molar-refractivity contribution in [3.05, 3.63) is 63.6 Å². The van der Waals surface area contributed by atoms with E-state index in [1.807, 2.05) is 24.3 Å². The second-order valence-electron chi connectivity index (χ2n) is 7.31. The summed E-state index contributed by atoms with van der Waals surface area (Å²) in [7, 11) is 2.15. The number of nitrogens with zero attached hydrogens (tertiary/aromatic N) is 2. The quantitative estimate of drug-likeness (QED) is 0.637. The number of nitrogens with one attached hydrogen (secondary N) is 1. The molecule has 1 saturated heterocycles. The topological polar surface area (TPSA) is 44.8 Å². The van der Waals surface area contributed by atoms with Gasteiger partial charge in [0.25, 0.3) is 5.91 Å². The maximum absolute atomic E-state index is 12.3. The fourth-order valence-corrected chi connectivity index (χ4v) is 3.65. The van der Waals surface area contributed by atoms with E-state index in [1.165, 1.54) is 0 Å². The van der Waals surface area contributed by atoms with Gasteiger partial charge in [0.2, 0.25) is 0 Å². The molecule has 0 aromatic heterocycles. The minimum absolute atomic E-state index is 0.0448. The summed E-state index contributed by atoms with van der Waals surface area (Å²) in [6, 6.07) is 12.5. The highest BCUT2D eigenvalue weighted by Crippen LogP contribution is 2.28. The van der Waals surface area contributed by atoms with Crippen LogP contribution in [0, 0.1) is 0 Å². The number of ether oxygens (including phenoxy) is 1. The molecule has 0 unspecified atom stereocenters. The number of piperazine rings is 1. The Bertz CT molecular complexity index is 806. The lowest BCUT2D eigenvalue weighted by Gasteiger charge is -2.32. The summed E-state index contributed by atoms with van der Waals surface area (Å²) >= 11 is 12.0. The van der Waals surface area contributed by atoms with E-state index in [2.05, 4.69) is 22.2 Å². The maximum Gasteiger partial charge on any atom is 0.251 e. The number of carbonyl (C=O) groups is 1. The van der Waals surface area contributed by atoms with Crippen LogP contribution in [0.4, 0.5) is 0 Å². The van der Waals surface area contributed by atoms with E-state index in [0.29, 0.717) is 34.5 Å². The Morgan fingerprint density at radius 1 is 1.07 bits per heavy atom. The average molecular weight is 436 g/mol. The van der Waals surface area contributed by atoms with Crippen LogP contribution in [0.2, 0.25) is 10.0 Å². The summed E-state index contributed by atoms with van der Waals surface area (Å²) in [5.74, 6) is 0.537. The molecule has 2 aromatic rings. The molecule has 0 aliphatic carbocycles. The fraction of sp³-hybridized carbons (Fsp3) is 0.409. The highest BCUT2D eigenvalue weighted by atomic mass is 35.5. The molecular weight excluding hydrogens is 409 g/mol. The van der Waals surface area contributed by atoms with Gasteiger partial charge in [0.1, 0.15) is 12.4 Å². The summed E-state index contributed by atoms with van der Waals surface area (Å²) in [4.78, 5) is 17.1. The van der Waals surface area contributed by atoms with Gasteiger partial charge < -0.3 is 19.9 Å². The lowest BCUT2D eigenvalue weighted by atomic mass is 10.1. The predicted molar refractivity (Wildman–Crippen MR) is 118 cm³/mol. The van der Waals surface area contributed by atoms with E-state index < -0.39 is 0 Å². The lowest BCUT2D eigenvalue weighted by Crippen LogP contribution is -2.45. The van der Waals surface area contributed by atoms with Crippen molar-refractivity contribution in [2.45, 2.75) is 13.0 Å². The van der Waals surface area contributed by atoms with Crippen LogP contribution in [0.25, 0.3) is 0 Å². The van der Waals surface area contributed by atoms with Crippen molar-refractivity contribution in [2.24, 2.45) is 0 Å². The summed E-state index contributed by atoms with van der Waals surface area (Å²) < 4.78 is 5.72. The van der Waals surface area contributed by atoms with Crippen molar-refractivity contribution < 1.29 is 9.53 Å². The molecule has 2 aromatic carbocycles. The van der Waals surface area contributed by atoms with Gasteiger partial charge in [-0.1, -0.05) is 35.3 Å². The summed E-state index contributed by atoms with van der Waals surface area (Å²) in [5, 5.41) is 4.05. The largest absolute Gasteiger partial charge is 0.487 e. The van der Waals surface area contributed by atoms with Crippen LogP contribution in [-0.4, -0.2) is 62.0 Å². The first-order valence-corrected chi connectivity index (χ1v) is 10.6. The molecule has 1 N–H and O–H groups in total. The van der Waals surface area contributed by atoms with Crippen LogP contribution in [-0.2, 0) is 6.61 Å². The predicted octanol–water partition coefficient (Wildman–Crippen LogP) is 3.94. The Balaban J connectivity index is 1.39. The van der Waals surface area contributed by atoms with Crippen LogP contribution in [0.1, 0.15) is 22.3 Å². The molecule has 7 heteroatoms. The minimum atomic E-state index is -0.0448. The van der Waals surface area contributed by atoms with E-state index in [4.69, 9.17) is 27.9 Å². The van der Waals surface area contributed by atoms with Crippen LogP contribution in [0.15, 0.2) is 42.5 Å². The van der Waals surface area contributed by atoms with Crippen molar-refractivity contribution >= 4 is 29.1 Å². The number of likely N-dealkylation sites (N-methyl/N-ethyl adjacent to an activating group) is 1. The van der Waals surface area contributed by atoms with Crippen molar-refractivity contribution in [2.75, 3.05) is 46.3 Å². The number of benzene rings is 2. The lowest BCUT2D eigenvalue weighted by molar-refractivity contribution is 0.0949. The van der Waals surface area contributed by atoms with E-state index in [0.717, 1.165) is 44.7 Å². The Labute approximate surface area is 182 Å². The molecule has 1 heterocycles. The van der Waals surface area contributed by atoms with Crippen LogP contribution in [0.3, 0.4) is 0 Å².